The normalized spacial score (nSPS) is 26.0. The molecule has 1 atom stereocenters. The molecule has 0 N–H and O–H groups in total. The highest BCUT2D eigenvalue weighted by Gasteiger charge is 2.18. The monoisotopic (exact) mass is 175 g/mol. The first kappa shape index (κ1) is 9.93. The predicted octanol–water partition coefficient (Wildman–Crippen LogP) is 1.46. The van der Waals surface area contributed by atoms with Crippen LogP contribution in [0.2, 0.25) is 0 Å². The van der Waals surface area contributed by atoms with Gasteiger partial charge in [-0.05, 0) is 25.8 Å². The van der Waals surface area contributed by atoms with Gasteiger partial charge in [0.15, 0.2) is 0 Å². The van der Waals surface area contributed by atoms with Crippen molar-refractivity contribution in [2.45, 2.75) is 25.4 Å². The van der Waals surface area contributed by atoms with Gasteiger partial charge in [-0.3, -0.25) is 4.39 Å². The number of likely N-dealkylation sites (tertiary alicyclic amines) is 1. The third-order valence-electron chi connectivity index (χ3n) is 2.40. The minimum atomic E-state index is -0.200. The molecule has 72 valence electrons. The van der Waals surface area contributed by atoms with Gasteiger partial charge < -0.3 is 9.64 Å². The smallest absolute Gasteiger partial charge is 0.0906 e. The Labute approximate surface area is 73.7 Å². The molecule has 0 aromatic heterocycles. The van der Waals surface area contributed by atoms with Gasteiger partial charge in [-0.25, -0.2) is 0 Å². The molecule has 1 fully saturated rings. The first-order chi connectivity index (χ1) is 5.86. The van der Waals surface area contributed by atoms with Gasteiger partial charge in [0.25, 0.3) is 0 Å². The van der Waals surface area contributed by atoms with Crippen LogP contribution in [0.4, 0.5) is 4.39 Å². The van der Waals surface area contributed by atoms with E-state index < -0.39 is 0 Å². The summed E-state index contributed by atoms with van der Waals surface area (Å²) in [7, 11) is 1.75. The third-order valence-corrected chi connectivity index (χ3v) is 2.40. The van der Waals surface area contributed by atoms with E-state index in [-0.39, 0.29) is 6.67 Å². The molecule has 0 saturated carbocycles. The molecular weight excluding hydrogens is 157 g/mol. The first-order valence-electron chi connectivity index (χ1n) is 4.68. The maximum absolute atomic E-state index is 11.9. The average Bonchev–Trinajstić information content (AvgIpc) is 2.15. The highest BCUT2D eigenvalue weighted by Crippen LogP contribution is 2.12. The van der Waals surface area contributed by atoms with Gasteiger partial charge >= 0.3 is 0 Å². The van der Waals surface area contributed by atoms with Gasteiger partial charge in [-0.2, -0.15) is 0 Å². The highest BCUT2D eigenvalue weighted by molar-refractivity contribution is 4.72. The molecule has 0 aliphatic carbocycles. The molecular formula is C9H18FNO. The van der Waals surface area contributed by atoms with E-state index in [2.05, 4.69) is 4.90 Å². The van der Waals surface area contributed by atoms with E-state index in [9.17, 15) is 4.39 Å². The number of piperidine rings is 1. The topological polar surface area (TPSA) is 12.5 Å². The molecule has 0 spiro atoms. The van der Waals surface area contributed by atoms with Crippen molar-refractivity contribution in [1.82, 2.24) is 4.90 Å². The van der Waals surface area contributed by atoms with Crippen LogP contribution in [0.5, 0.6) is 0 Å². The predicted molar refractivity (Wildman–Crippen MR) is 47.1 cm³/mol. The summed E-state index contributed by atoms with van der Waals surface area (Å²) in [4.78, 5) is 2.29. The summed E-state index contributed by atoms with van der Waals surface area (Å²) in [6.45, 7) is 2.78. The Hall–Kier alpha value is -0.150. The fourth-order valence-corrected chi connectivity index (χ4v) is 1.69. The molecule has 0 bridgehead atoms. The van der Waals surface area contributed by atoms with E-state index in [1.807, 2.05) is 0 Å². The van der Waals surface area contributed by atoms with E-state index in [4.69, 9.17) is 4.74 Å². The molecule has 0 aromatic carbocycles. The van der Waals surface area contributed by atoms with E-state index >= 15 is 0 Å². The summed E-state index contributed by atoms with van der Waals surface area (Å²) in [5.41, 5.74) is 0. The van der Waals surface area contributed by atoms with Crippen molar-refractivity contribution >= 4 is 0 Å². The Balaban J connectivity index is 2.16. The number of methoxy groups -OCH3 is 1. The summed E-state index contributed by atoms with van der Waals surface area (Å²) < 4.78 is 17.1. The van der Waals surface area contributed by atoms with Crippen LogP contribution in [0, 0.1) is 0 Å². The number of hydrogen-bond donors (Lipinski definition) is 0. The van der Waals surface area contributed by atoms with Gasteiger partial charge in [-0.15, -0.1) is 0 Å². The molecule has 0 amide bonds. The number of hydrogen-bond acceptors (Lipinski definition) is 2. The lowest BCUT2D eigenvalue weighted by atomic mass is 10.1. The van der Waals surface area contributed by atoms with E-state index in [1.165, 1.54) is 6.42 Å². The lowest BCUT2D eigenvalue weighted by Crippen LogP contribution is -2.39. The van der Waals surface area contributed by atoms with Crippen LogP contribution in [0.3, 0.4) is 0 Å². The van der Waals surface area contributed by atoms with Gasteiger partial charge in [0.2, 0.25) is 0 Å². The van der Waals surface area contributed by atoms with Crippen molar-refractivity contribution in [3.05, 3.63) is 0 Å². The van der Waals surface area contributed by atoms with Crippen molar-refractivity contribution in [3.8, 4) is 0 Å². The zero-order valence-electron chi connectivity index (χ0n) is 7.76. The molecule has 3 heteroatoms. The largest absolute Gasteiger partial charge is 0.380 e. The fraction of sp³-hybridized carbons (Fsp3) is 1.00. The Morgan fingerprint density at radius 3 is 3.08 bits per heavy atom. The first-order valence-corrected chi connectivity index (χ1v) is 4.68. The summed E-state index contributed by atoms with van der Waals surface area (Å²) in [6, 6.07) is 0. The number of ether oxygens (including phenoxy) is 1. The van der Waals surface area contributed by atoms with Crippen LogP contribution in [0.1, 0.15) is 19.3 Å². The molecule has 1 rings (SSSR count). The molecule has 1 heterocycles. The summed E-state index contributed by atoms with van der Waals surface area (Å²) in [5, 5.41) is 0. The quantitative estimate of drug-likeness (QED) is 0.641. The van der Waals surface area contributed by atoms with Crippen molar-refractivity contribution in [3.63, 3.8) is 0 Å². The molecule has 1 aliphatic rings. The minimum Gasteiger partial charge on any atom is -0.380 e. The Kier molecular flexibility index (Phi) is 4.54. The molecule has 0 radical (unpaired) electrons. The van der Waals surface area contributed by atoms with Crippen LogP contribution < -0.4 is 0 Å². The van der Waals surface area contributed by atoms with Gasteiger partial charge in [0.1, 0.15) is 0 Å². The fourth-order valence-electron chi connectivity index (χ4n) is 1.69. The maximum Gasteiger partial charge on any atom is 0.0906 e. The zero-order chi connectivity index (χ0) is 8.81. The lowest BCUT2D eigenvalue weighted by Gasteiger charge is -2.31. The van der Waals surface area contributed by atoms with E-state index in [0.717, 1.165) is 26.1 Å². The Bertz CT molecular complexity index is 121. The summed E-state index contributed by atoms with van der Waals surface area (Å²) >= 11 is 0. The zero-order valence-corrected chi connectivity index (χ0v) is 7.76. The second kappa shape index (κ2) is 5.49. The second-order valence-electron chi connectivity index (χ2n) is 3.34. The number of alkyl halides is 1. The van der Waals surface area contributed by atoms with Crippen LogP contribution in [0.15, 0.2) is 0 Å². The lowest BCUT2D eigenvalue weighted by molar-refractivity contribution is 0.0305. The van der Waals surface area contributed by atoms with E-state index in [0.29, 0.717) is 12.5 Å². The van der Waals surface area contributed by atoms with Crippen molar-refractivity contribution in [2.75, 3.05) is 33.4 Å². The highest BCUT2D eigenvalue weighted by atomic mass is 19.1. The molecule has 1 unspecified atom stereocenters. The van der Waals surface area contributed by atoms with Crippen molar-refractivity contribution in [2.24, 2.45) is 0 Å². The number of rotatable bonds is 4. The molecule has 1 saturated heterocycles. The van der Waals surface area contributed by atoms with Gasteiger partial charge in [0, 0.05) is 20.2 Å². The molecule has 2 nitrogen and oxygen atoms in total. The third kappa shape index (κ3) is 3.07. The second-order valence-corrected chi connectivity index (χ2v) is 3.34. The van der Waals surface area contributed by atoms with Crippen LogP contribution in [-0.2, 0) is 4.74 Å². The summed E-state index contributed by atoms with van der Waals surface area (Å²) in [5.74, 6) is 0. The molecule has 12 heavy (non-hydrogen) atoms. The maximum atomic E-state index is 11.9. The minimum absolute atomic E-state index is 0.200. The summed E-state index contributed by atoms with van der Waals surface area (Å²) in [6.07, 6.45) is 3.38. The Morgan fingerprint density at radius 1 is 1.58 bits per heavy atom. The number of halogens is 1. The number of nitrogens with zero attached hydrogens (tertiary/aromatic N) is 1. The van der Waals surface area contributed by atoms with Crippen LogP contribution in [0.25, 0.3) is 0 Å². The SMILES string of the molecule is COC1CCCN(CCCF)C1. The standard InChI is InChI=1S/C9H18FNO/c1-12-9-4-2-6-11(8-9)7-3-5-10/h9H,2-8H2,1H3. The van der Waals surface area contributed by atoms with E-state index in [1.54, 1.807) is 7.11 Å². The average molecular weight is 175 g/mol. The van der Waals surface area contributed by atoms with Crippen LogP contribution >= 0.6 is 0 Å². The van der Waals surface area contributed by atoms with Crippen LogP contribution in [-0.4, -0.2) is 44.4 Å². The van der Waals surface area contributed by atoms with Crippen molar-refractivity contribution < 1.29 is 9.13 Å². The van der Waals surface area contributed by atoms with Gasteiger partial charge in [0.05, 0.1) is 12.8 Å². The van der Waals surface area contributed by atoms with Gasteiger partial charge in [-0.1, -0.05) is 0 Å². The Morgan fingerprint density at radius 2 is 2.42 bits per heavy atom. The molecule has 0 aromatic rings. The van der Waals surface area contributed by atoms with Crippen molar-refractivity contribution in [1.29, 1.82) is 0 Å². The molecule has 1 aliphatic heterocycles.